The Balaban J connectivity index is 1.39. The highest BCUT2D eigenvalue weighted by molar-refractivity contribution is 5.96. The summed E-state index contributed by atoms with van der Waals surface area (Å²) >= 11 is 0. The first-order valence-corrected chi connectivity index (χ1v) is 10.0. The molecule has 6 heteroatoms. The third-order valence-corrected chi connectivity index (χ3v) is 5.58. The van der Waals surface area contributed by atoms with Crippen LogP contribution in [0.5, 0.6) is 0 Å². The molecule has 2 aromatic carbocycles. The molecule has 6 nitrogen and oxygen atoms in total. The zero-order chi connectivity index (χ0) is 20.4. The normalized spacial score (nSPS) is 18.7. The van der Waals surface area contributed by atoms with E-state index in [1.54, 1.807) is 25.1 Å². The number of rotatable bonds is 4. The van der Waals surface area contributed by atoms with Crippen LogP contribution in [0.15, 0.2) is 42.5 Å². The number of carbonyl (C=O) groups is 3. The Morgan fingerprint density at radius 2 is 1.93 bits per heavy atom. The zero-order valence-electron chi connectivity index (χ0n) is 16.4. The van der Waals surface area contributed by atoms with E-state index in [2.05, 4.69) is 16.7 Å². The number of benzene rings is 2. The average molecular weight is 392 g/mol. The maximum Gasteiger partial charge on any atom is 0.338 e. The van der Waals surface area contributed by atoms with Crippen molar-refractivity contribution in [2.45, 2.75) is 51.2 Å². The van der Waals surface area contributed by atoms with Gasteiger partial charge in [-0.25, -0.2) is 4.79 Å². The van der Waals surface area contributed by atoms with E-state index in [1.807, 2.05) is 18.2 Å². The highest BCUT2D eigenvalue weighted by Gasteiger charge is 2.26. The Hall–Kier alpha value is -3.15. The summed E-state index contributed by atoms with van der Waals surface area (Å²) in [6.45, 7) is 1.58. The molecule has 0 radical (unpaired) electrons. The second-order valence-corrected chi connectivity index (χ2v) is 7.62. The van der Waals surface area contributed by atoms with Crippen molar-refractivity contribution in [3.63, 3.8) is 0 Å². The number of hydrogen-bond donors (Lipinski definition) is 2. The third kappa shape index (κ3) is 4.16. The Morgan fingerprint density at radius 1 is 1.10 bits per heavy atom. The SMILES string of the molecule is C[C@@H](OC(=O)c1ccc2c(c1)CCC(=O)N2)C(=O)N[C@@H]1CCCc2ccccc21. The lowest BCUT2D eigenvalue weighted by molar-refractivity contribution is -0.130. The molecule has 0 aromatic heterocycles. The fourth-order valence-corrected chi connectivity index (χ4v) is 3.99. The van der Waals surface area contributed by atoms with Crippen molar-refractivity contribution in [3.05, 3.63) is 64.7 Å². The number of amides is 2. The van der Waals surface area contributed by atoms with Gasteiger partial charge in [0.25, 0.3) is 5.91 Å². The number of hydrogen-bond acceptors (Lipinski definition) is 4. The van der Waals surface area contributed by atoms with E-state index < -0.39 is 12.1 Å². The summed E-state index contributed by atoms with van der Waals surface area (Å²) in [4.78, 5) is 36.6. The lowest BCUT2D eigenvalue weighted by Crippen LogP contribution is -2.39. The van der Waals surface area contributed by atoms with Crippen LogP contribution in [-0.4, -0.2) is 23.9 Å². The molecule has 2 atom stereocenters. The first-order valence-electron chi connectivity index (χ1n) is 10.0. The molecule has 0 bridgehead atoms. The molecule has 0 saturated heterocycles. The summed E-state index contributed by atoms with van der Waals surface area (Å²) < 4.78 is 5.40. The van der Waals surface area contributed by atoms with Gasteiger partial charge in [0, 0.05) is 12.1 Å². The molecule has 1 heterocycles. The van der Waals surface area contributed by atoms with Crippen LogP contribution in [0, 0.1) is 0 Å². The van der Waals surface area contributed by atoms with Crippen molar-refractivity contribution in [2.24, 2.45) is 0 Å². The minimum Gasteiger partial charge on any atom is -0.449 e. The van der Waals surface area contributed by atoms with Crippen molar-refractivity contribution >= 4 is 23.5 Å². The van der Waals surface area contributed by atoms with Gasteiger partial charge in [-0.15, -0.1) is 0 Å². The molecule has 0 fully saturated rings. The van der Waals surface area contributed by atoms with Gasteiger partial charge in [0.1, 0.15) is 0 Å². The first kappa shape index (κ1) is 19.2. The van der Waals surface area contributed by atoms with Crippen LogP contribution in [0.1, 0.15) is 59.3 Å². The van der Waals surface area contributed by atoms with E-state index in [9.17, 15) is 14.4 Å². The molecule has 1 aliphatic carbocycles. The van der Waals surface area contributed by atoms with Crippen LogP contribution in [0.4, 0.5) is 5.69 Å². The number of carbonyl (C=O) groups excluding carboxylic acids is 3. The van der Waals surface area contributed by atoms with Crippen LogP contribution in [0.3, 0.4) is 0 Å². The highest BCUT2D eigenvalue weighted by atomic mass is 16.5. The minimum atomic E-state index is -0.896. The van der Waals surface area contributed by atoms with E-state index >= 15 is 0 Å². The lowest BCUT2D eigenvalue weighted by Gasteiger charge is -2.27. The maximum absolute atomic E-state index is 12.6. The predicted molar refractivity (Wildman–Crippen MR) is 109 cm³/mol. The molecule has 1 aliphatic heterocycles. The minimum absolute atomic E-state index is 0.0255. The van der Waals surface area contributed by atoms with Crippen molar-refractivity contribution < 1.29 is 19.1 Å². The second-order valence-electron chi connectivity index (χ2n) is 7.62. The van der Waals surface area contributed by atoms with Crippen molar-refractivity contribution in [1.82, 2.24) is 5.32 Å². The van der Waals surface area contributed by atoms with Crippen LogP contribution < -0.4 is 10.6 Å². The number of aryl methyl sites for hydroxylation is 2. The average Bonchev–Trinajstić information content (AvgIpc) is 2.73. The first-order chi connectivity index (χ1) is 14.0. The Morgan fingerprint density at radius 3 is 2.79 bits per heavy atom. The van der Waals surface area contributed by atoms with Crippen LogP contribution >= 0.6 is 0 Å². The second kappa shape index (κ2) is 8.07. The summed E-state index contributed by atoms with van der Waals surface area (Å²) in [6.07, 6.45) is 2.99. The number of nitrogens with one attached hydrogen (secondary N) is 2. The lowest BCUT2D eigenvalue weighted by atomic mass is 9.87. The molecule has 0 spiro atoms. The Bertz CT molecular complexity index is 969. The number of ether oxygens (including phenoxy) is 1. The standard InChI is InChI=1S/C23H24N2O4/c1-14(22(27)25-20-8-4-6-15-5-2-3-7-18(15)20)29-23(28)17-9-11-19-16(13-17)10-12-21(26)24-19/h2-3,5,7,9,11,13-14,20H,4,6,8,10,12H2,1H3,(H,24,26)(H,25,27)/t14-,20-/m1/s1. The van der Waals surface area contributed by atoms with Crippen LogP contribution in [0.2, 0.25) is 0 Å². The fraction of sp³-hybridized carbons (Fsp3) is 0.348. The van der Waals surface area contributed by atoms with Gasteiger partial charge in [-0.05, 0) is 67.5 Å². The van der Waals surface area contributed by atoms with Gasteiger partial charge in [0.05, 0.1) is 11.6 Å². The molecule has 0 unspecified atom stereocenters. The summed E-state index contributed by atoms with van der Waals surface area (Å²) in [7, 11) is 0. The van der Waals surface area contributed by atoms with Crippen molar-refractivity contribution in [2.75, 3.05) is 5.32 Å². The number of anilines is 1. The molecule has 2 amide bonds. The molecule has 150 valence electrons. The Labute approximate surface area is 169 Å². The quantitative estimate of drug-likeness (QED) is 0.782. The summed E-state index contributed by atoms with van der Waals surface area (Å²) in [5.41, 5.74) is 4.40. The van der Waals surface area contributed by atoms with Crippen molar-refractivity contribution in [3.8, 4) is 0 Å². The van der Waals surface area contributed by atoms with Gasteiger partial charge < -0.3 is 15.4 Å². The van der Waals surface area contributed by atoms with E-state index in [1.165, 1.54) is 5.56 Å². The molecular weight excluding hydrogens is 368 g/mol. The zero-order valence-corrected chi connectivity index (χ0v) is 16.4. The Kier molecular flexibility index (Phi) is 5.34. The number of esters is 1. The van der Waals surface area contributed by atoms with Crippen molar-refractivity contribution in [1.29, 1.82) is 0 Å². The highest BCUT2D eigenvalue weighted by Crippen LogP contribution is 2.29. The topological polar surface area (TPSA) is 84.5 Å². The largest absolute Gasteiger partial charge is 0.449 e. The molecular formula is C23H24N2O4. The van der Waals surface area contributed by atoms with Crippen LogP contribution in [-0.2, 0) is 27.2 Å². The molecule has 4 rings (SSSR count). The van der Waals surface area contributed by atoms with E-state index in [0.717, 1.165) is 36.1 Å². The maximum atomic E-state index is 12.6. The summed E-state index contributed by atoms with van der Waals surface area (Å²) in [6, 6.07) is 13.1. The van der Waals surface area contributed by atoms with Gasteiger partial charge in [0.15, 0.2) is 6.10 Å². The van der Waals surface area contributed by atoms with Gasteiger partial charge >= 0.3 is 5.97 Å². The fourth-order valence-electron chi connectivity index (χ4n) is 3.99. The van der Waals surface area contributed by atoms with Gasteiger partial charge in [0.2, 0.25) is 5.91 Å². The summed E-state index contributed by atoms with van der Waals surface area (Å²) in [5.74, 6) is -0.871. The molecule has 2 aliphatic rings. The monoisotopic (exact) mass is 392 g/mol. The van der Waals surface area contributed by atoms with E-state index in [-0.39, 0.29) is 17.9 Å². The van der Waals surface area contributed by atoms with Gasteiger partial charge in [-0.2, -0.15) is 0 Å². The van der Waals surface area contributed by atoms with Gasteiger partial charge in [-0.1, -0.05) is 24.3 Å². The third-order valence-electron chi connectivity index (χ3n) is 5.58. The molecule has 2 aromatic rings. The van der Waals surface area contributed by atoms with E-state index in [0.29, 0.717) is 18.4 Å². The smallest absolute Gasteiger partial charge is 0.338 e. The van der Waals surface area contributed by atoms with E-state index in [4.69, 9.17) is 4.74 Å². The van der Waals surface area contributed by atoms with Crippen LogP contribution in [0.25, 0.3) is 0 Å². The number of fused-ring (bicyclic) bond motifs is 2. The molecule has 2 N–H and O–H groups in total. The van der Waals surface area contributed by atoms with Gasteiger partial charge in [-0.3, -0.25) is 9.59 Å². The molecule has 0 saturated carbocycles. The molecule has 29 heavy (non-hydrogen) atoms. The predicted octanol–water partition coefficient (Wildman–Crippen LogP) is 3.31. The summed E-state index contributed by atoms with van der Waals surface area (Å²) in [5, 5.41) is 5.81.